The van der Waals surface area contributed by atoms with Crippen LogP contribution in [0.2, 0.25) is 5.02 Å². The highest BCUT2D eigenvalue weighted by Crippen LogP contribution is 2.36. The number of rotatable bonds is 4. The Labute approximate surface area is 128 Å². The van der Waals surface area contributed by atoms with Crippen molar-refractivity contribution >= 4 is 29.2 Å². The topological polar surface area (TPSA) is 83.6 Å². The van der Waals surface area contributed by atoms with E-state index in [1.807, 2.05) is 11.8 Å². The minimum Gasteiger partial charge on any atom is -0.481 e. The molecule has 114 valence electrons. The maximum absolute atomic E-state index is 11.6. The number of anilines is 1. The van der Waals surface area contributed by atoms with Crippen molar-refractivity contribution in [2.75, 3.05) is 18.0 Å². The van der Waals surface area contributed by atoms with Crippen molar-refractivity contribution in [1.29, 1.82) is 0 Å². The van der Waals surface area contributed by atoms with Crippen molar-refractivity contribution < 1.29 is 14.7 Å². The molecule has 1 aliphatic rings. The molecule has 21 heavy (non-hydrogen) atoms. The highest BCUT2D eigenvalue weighted by atomic mass is 35.5. The van der Waals surface area contributed by atoms with E-state index in [2.05, 4.69) is 0 Å². The highest BCUT2D eigenvalue weighted by Gasteiger charge is 2.40. The molecule has 0 radical (unpaired) electrons. The van der Waals surface area contributed by atoms with Gasteiger partial charge < -0.3 is 15.7 Å². The van der Waals surface area contributed by atoms with Crippen molar-refractivity contribution in [2.24, 2.45) is 11.1 Å². The second-order valence-electron chi connectivity index (χ2n) is 5.49. The molecule has 0 spiro atoms. The van der Waals surface area contributed by atoms with Gasteiger partial charge in [0.1, 0.15) is 0 Å². The van der Waals surface area contributed by atoms with Crippen LogP contribution in [0.5, 0.6) is 0 Å². The van der Waals surface area contributed by atoms with Crippen LogP contribution in [-0.2, 0) is 4.79 Å². The summed E-state index contributed by atoms with van der Waals surface area (Å²) in [4.78, 5) is 24.8. The molecule has 1 heterocycles. The number of hydrogen-bond donors (Lipinski definition) is 2. The highest BCUT2D eigenvalue weighted by molar-refractivity contribution is 6.34. The van der Waals surface area contributed by atoms with Gasteiger partial charge in [0.15, 0.2) is 0 Å². The number of aliphatic carboxylic acids is 1. The third-order valence-electron chi connectivity index (χ3n) is 4.29. The van der Waals surface area contributed by atoms with Crippen molar-refractivity contribution in [2.45, 2.75) is 26.2 Å². The van der Waals surface area contributed by atoms with Crippen LogP contribution in [0.4, 0.5) is 5.69 Å². The van der Waals surface area contributed by atoms with Gasteiger partial charge in [-0.05, 0) is 37.5 Å². The molecule has 6 heteroatoms. The number of nitrogens with zero attached hydrogens (tertiary/aromatic N) is 1. The minimum atomic E-state index is -0.755. The molecule has 1 atom stereocenters. The van der Waals surface area contributed by atoms with Gasteiger partial charge in [-0.1, -0.05) is 18.5 Å². The first kappa shape index (κ1) is 15.6. The maximum atomic E-state index is 11.6. The van der Waals surface area contributed by atoms with E-state index in [9.17, 15) is 14.7 Å². The number of nitrogens with two attached hydrogens (primary N) is 1. The third kappa shape index (κ3) is 2.97. The number of carboxylic acid groups (broad SMARTS) is 1. The van der Waals surface area contributed by atoms with Gasteiger partial charge in [-0.15, -0.1) is 0 Å². The molecule has 0 bridgehead atoms. The van der Waals surface area contributed by atoms with E-state index in [1.165, 1.54) is 0 Å². The van der Waals surface area contributed by atoms with Gasteiger partial charge in [0.25, 0.3) is 0 Å². The lowest BCUT2D eigenvalue weighted by atomic mass is 9.77. The van der Waals surface area contributed by atoms with Gasteiger partial charge in [-0.3, -0.25) is 9.59 Å². The second-order valence-corrected chi connectivity index (χ2v) is 5.90. The van der Waals surface area contributed by atoms with Gasteiger partial charge in [-0.2, -0.15) is 0 Å². The van der Waals surface area contributed by atoms with E-state index in [0.717, 1.165) is 18.7 Å². The average molecular weight is 311 g/mol. The monoisotopic (exact) mass is 310 g/mol. The smallest absolute Gasteiger partial charge is 0.311 e. The number of benzene rings is 1. The summed E-state index contributed by atoms with van der Waals surface area (Å²) in [5, 5.41) is 9.81. The molecule has 1 aromatic carbocycles. The molecule has 2 rings (SSSR count). The molecule has 0 aliphatic carbocycles. The molecule has 1 aromatic rings. The van der Waals surface area contributed by atoms with Crippen molar-refractivity contribution in [1.82, 2.24) is 0 Å². The third-order valence-corrected chi connectivity index (χ3v) is 4.60. The van der Waals surface area contributed by atoms with E-state index in [0.29, 0.717) is 24.4 Å². The molecule has 1 unspecified atom stereocenters. The number of primary amides is 1. The summed E-state index contributed by atoms with van der Waals surface area (Å²) in [5.74, 6) is -1.33. The Bertz CT molecular complexity index is 576. The van der Waals surface area contributed by atoms with Crippen LogP contribution >= 0.6 is 11.6 Å². The minimum absolute atomic E-state index is 0.275. The van der Waals surface area contributed by atoms with E-state index in [4.69, 9.17) is 17.3 Å². The predicted octanol–water partition coefficient (Wildman–Crippen LogP) is 2.52. The van der Waals surface area contributed by atoms with Crippen molar-refractivity contribution in [3.63, 3.8) is 0 Å². The van der Waals surface area contributed by atoms with Gasteiger partial charge in [-0.25, -0.2) is 0 Å². The van der Waals surface area contributed by atoms with Crippen LogP contribution in [0.25, 0.3) is 0 Å². The van der Waals surface area contributed by atoms with Crippen LogP contribution in [0.3, 0.4) is 0 Å². The molecule has 1 fully saturated rings. The fraction of sp³-hybridized carbons (Fsp3) is 0.467. The number of hydrogen-bond acceptors (Lipinski definition) is 3. The lowest BCUT2D eigenvalue weighted by molar-refractivity contribution is -0.149. The number of amides is 1. The maximum Gasteiger partial charge on any atom is 0.311 e. The molecule has 0 aromatic heterocycles. The normalized spacial score (nSPS) is 22.1. The van der Waals surface area contributed by atoms with Crippen LogP contribution in [0, 0.1) is 5.41 Å². The van der Waals surface area contributed by atoms with Gasteiger partial charge in [0.2, 0.25) is 5.91 Å². The summed E-state index contributed by atoms with van der Waals surface area (Å²) in [6.07, 6.45) is 2.09. The summed E-state index contributed by atoms with van der Waals surface area (Å²) >= 11 is 6.07. The van der Waals surface area contributed by atoms with E-state index in [1.54, 1.807) is 18.2 Å². The fourth-order valence-corrected chi connectivity index (χ4v) is 3.13. The quantitative estimate of drug-likeness (QED) is 0.895. The zero-order valence-corrected chi connectivity index (χ0v) is 12.7. The Kier molecular flexibility index (Phi) is 4.42. The van der Waals surface area contributed by atoms with E-state index >= 15 is 0 Å². The van der Waals surface area contributed by atoms with Crippen LogP contribution in [-0.4, -0.2) is 30.1 Å². The Hall–Kier alpha value is -1.75. The number of carboxylic acids is 1. The van der Waals surface area contributed by atoms with Crippen molar-refractivity contribution in [3.8, 4) is 0 Å². The summed E-state index contributed by atoms with van der Waals surface area (Å²) in [7, 11) is 0. The summed E-state index contributed by atoms with van der Waals surface area (Å²) in [6, 6.07) is 5.03. The van der Waals surface area contributed by atoms with Crippen LogP contribution in [0.15, 0.2) is 18.2 Å². The molecule has 1 aliphatic heterocycles. The largest absolute Gasteiger partial charge is 0.481 e. The fourth-order valence-electron chi connectivity index (χ4n) is 2.87. The van der Waals surface area contributed by atoms with Crippen molar-refractivity contribution in [3.05, 3.63) is 28.8 Å². The predicted molar refractivity (Wildman–Crippen MR) is 81.8 cm³/mol. The van der Waals surface area contributed by atoms with E-state index < -0.39 is 17.3 Å². The number of carbonyl (C=O) groups is 2. The van der Waals surface area contributed by atoms with Gasteiger partial charge >= 0.3 is 5.97 Å². The number of piperidine rings is 1. The average Bonchev–Trinajstić information content (AvgIpc) is 2.46. The Morgan fingerprint density at radius 1 is 1.48 bits per heavy atom. The number of halogens is 1. The summed E-state index contributed by atoms with van der Waals surface area (Å²) < 4.78 is 0. The molecular formula is C15H19ClN2O3. The molecule has 0 saturated carbocycles. The first-order valence-corrected chi connectivity index (χ1v) is 7.35. The Balaban J connectivity index is 2.28. The Morgan fingerprint density at radius 3 is 2.71 bits per heavy atom. The first-order valence-electron chi connectivity index (χ1n) is 6.97. The standard InChI is InChI=1S/C15H19ClN2O3/c1-2-15(14(20)21)6-3-7-18(9-15)10-4-5-11(13(17)19)12(16)8-10/h4-5,8H,2-3,6-7,9H2,1H3,(H2,17,19)(H,20,21). The molecule has 1 saturated heterocycles. The van der Waals surface area contributed by atoms with Gasteiger partial charge in [0.05, 0.1) is 16.0 Å². The zero-order valence-electron chi connectivity index (χ0n) is 11.9. The molecular weight excluding hydrogens is 292 g/mol. The molecule has 3 N–H and O–H groups in total. The zero-order chi connectivity index (χ0) is 15.6. The summed E-state index contributed by atoms with van der Waals surface area (Å²) in [6.45, 7) is 3.13. The van der Waals surface area contributed by atoms with E-state index in [-0.39, 0.29) is 5.56 Å². The molecule has 1 amide bonds. The lowest BCUT2D eigenvalue weighted by Gasteiger charge is -2.40. The Morgan fingerprint density at radius 2 is 2.19 bits per heavy atom. The summed E-state index contributed by atoms with van der Waals surface area (Å²) in [5.41, 5.74) is 5.62. The van der Waals surface area contributed by atoms with Gasteiger partial charge in [0, 0.05) is 18.8 Å². The lowest BCUT2D eigenvalue weighted by Crippen LogP contribution is -2.47. The second kappa shape index (κ2) is 5.93. The van der Waals surface area contributed by atoms with Crippen LogP contribution in [0.1, 0.15) is 36.5 Å². The number of carbonyl (C=O) groups excluding carboxylic acids is 1. The first-order chi connectivity index (χ1) is 9.89. The van der Waals surface area contributed by atoms with Crippen LogP contribution < -0.4 is 10.6 Å². The SMILES string of the molecule is CCC1(C(=O)O)CCCN(c2ccc(C(N)=O)c(Cl)c2)C1. The molecule has 5 nitrogen and oxygen atoms in total.